The molecule has 2 heterocycles. The van der Waals surface area contributed by atoms with Crippen molar-refractivity contribution in [1.29, 1.82) is 0 Å². The van der Waals surface area contributed by atoms with E-state index in [1.165, 1.54) is 18.2 Å². The Hall–Kier alpha value is -1.44. The van der Waals surface area contributed by atoms with Crippen LogP contribution in [0.2, 0.25) is 10.0 Å². The summed E-state index contributed by atoms with van der Waals surface area (Å²) >= 11 is 13.4. The molecule has 0 saturated carbocycles. The third-order valence-electron chi connectivity index (χ3n) is 3.30. The molecule has 1 N–H and O–H groups in total. The number of nitrogens with one attached hydrogen (secondary N) is 1. The first kappa shape index (κ1) is 17.4. The molecular formula is C16H12Cl2N2O2S2. The van der Waals surface area contributed by atoms with Gasteiger partial charge in [0.15, 0.2) is 0 Å². The highest BCUT2D eigenvalue weighted by Gasteiger charge is 2.18. The molecule has 1 aromatic carbocycles. The lowest BCUT2D eigenvalue weighted by atomic mass is 10.1. The Morgan fingerprint density at radius 2 is 1.92 bits per heavy atom. The zero-order valence-corrected chi connectivity index (χ0v) is 15.4. The van der Waals surface area contributed by atoms with Crippen molar-refractivity contribution in [3.05, 3.63) is 69.1 Å². The summed E-state index contributed by atoms with van der Waals surface area (Å²) in [6.45, 7) is 0.107. The average Bonchev–Trinajstić information content (AvgIpc) is 3.10. The lowest BCUT2D eigenvalue weighted by Gasteiger charge is -2.09. The van der Waals surface area contributed by atoms with Gasteiger partial charge in [-0.1, -0.05) is 23.2 Å². The highest BCUT2D eigenvalue weighted by molar-refractivity contribution is 7.89. The van der Waals surface area contributed by atoms with E-state index in [-0.39, 0.29) is 16.5 Å². The molecule has 0 aliphatic rings. The molecule has 0 radical (unpaired) electrons. The van der Waals surface area contributed by atoms with E-state index >= 15 is 0 Å². The monoisotopic (exact) mass is 398 g/mol. The second-order valence-corrected chi connectivity index (χ2v) is 8.35. The van der Waals surface area contributed by atoms with Crippen LogP contribution in [0.3, 0.4) is 0 Å². The molecule has 0 aliphatic heterocycles. The van der Waals surface area contributed by atoms with Gasteiger partial charge >= 0.3 is 0 Å². The van der Waals surface area contributed by atoms with Crippen LogP contribution in [-0.2, 0) is 16.6 Å². The van der Waals surface area contributed by atoms with Crippen molar-refractivity contribution in [3.63, 3.8) is 0 Å². The van der Waals surface area contributed by atoms with Crippen molar-refractivity contribution < 1.29 is 8.42 Å². The molecule has 0 fully saturated rings. The van der Waals surface area contributed by atoms with Crippen LogP contribution in [0.1, 0.15) is 5.56 Å². The summed E-state index contributed by atoms with van der Waals surface area (Å²) in [4.78, 5) is 4.13. The lowest BCUT2D eigenvalue weighted by molar-refractivity contribution is 0.581. The minimum Gasteiger partial charge on any atom is -0.264 e. The molecule has 0 unspecified atom stereocenters. The standard InChI is InChI=1S/C16H12Cl2N2O2S2/c17-14-1-2-15(18)16(6-14)24(21,22)20-8-11-5-13(9-19-7-11)12-3-4-23-10-12/h1-7,9-10,20H,8H2. The van der Waals surface area contributed by atoms with Gasteiger partial charge in [-0.05, 0) is 52.2 Å². The molecule has 124 valence electrons. The molecule has 0 atom stereocenters. The van der Waals surface area contributed by atoms with Gasteiger partial charge in [0.2, 0.25) is 10.0 Å². The maximum absolute atomic E-state index is 12.4. The number of halogens is 2. The molecule has 4 nitrogen and oxygen atoms in total. The van der Waals surface area contributed by atoms with Crippen LogP contribution in [0.25, 0.3) is 11.1 Å². The first-order valence-corrected chi connectivity index (χ1v) is 10.0. The highest BCUT2D eigenvalue weighted by Crippen LogP contribution is 2.25. The molecule has 2 aromatic heterocycles. The maximum Gasteiger partial charge on any atom is 0.242 e. The molecule has 0 aliphatic carbocycles. The number of hydrogen-bond acceptors (Lipinski definition) is 4. The van der Waals surface area contributed by atoms with Gasteiger partial charge in [-0.3, -0.25) is 4.98 Å². The van der Waals surface area contributed by atoms with Crippen LogP contribution in [-0.4, -0.2) is 13.4 Å². The van der Waals surface area contributed by atoms with E-state index in [0.717, 1.165) is 16.7 Å². The number of thiophene rings is 1. The van der Waals surface area contributed by atoms with E-state index in [1.54, 1.807) is 23.7 Å². The van der Waals surface area contributed by atoms with Crippen molar-refractivity contribution in [3.8, 4) is 11.1 Å². The fourth-order valence-electron chi connectivity index (χ4n) is 2.11. The lowest BCUT2D eigenvalue weighted by Crippen LogP contribution is -2.23. The van der Waals surface area contributed by atoms with Gasteiger partial charge in [-0.2, -0.15) is 11.3 Å². The minimum absolute atomic E-state index is 0.0429. The van der Waals surface area contributed by atoms with Crippen LogP contribution >= 0.6 is 34.5 Å². The van der Waals surface area contributed by atoms with E-state index in [1.807, 2.05) is 22.9 Å². The van der Waals surface area contributed by atoms with Crippen LogP contribution in [0.4, 0.5) is 0 Å². The Morgan fingerprint density at radius 3 is 2.67 bits per heavy atom. The van der Waals surface area contributed by atoms with E-state index in [2.05, 4.69) is 9.71 Å². The second-order valence-electron chi connectivity index (χ2n) is 4.99. The van der Waals surface area contributed by atoms with E-state index in [9.17, 15) is 8.42 Å². The number of nitrogens with zero attached hydrogens (tertiary/aromatic N) is 1. The van der Waals surface area contributed by atoms with Gasteiger partial charge in [-0.15, -0.1) is 0 Å². The molecule has 0 bridgehead atoms. The summed E-state index contributed by atoms with van der Waals surface area (Å²) in [6.07, 6.45) is 3.37. The summed E-state index contributed by atoms with van der Waals surface area (Å²) in [5, 5.41) is 4.42. The summed E-state index contributed by atoms with van der Waals surface area (Å²) < 4.78 is 27.4. The van der Waals surface area contributed by atoms with Gasteiger partial charge in [0, 0.05) is 29.5 Å². The SMILES string of the molecule is O=S(=O)(NCc1cncc(-c2ccsc2)c1)c1cc(Cl)ccc1Cl. The predicted octanol–water partition coefficient (Wildman–Crippen LogP) is 4.60. The number of benzene rings is 1. The van der Waals surface area contributed by atoms with E-state index < -0.39 is 10.0 Å². The zero-order chi connectivity index (χ0) is 17.2. The molecule has 8 heteroatoms. The first-order valence-electron chi connectivity index (χ1n) is 6.87. The van der Waals surface area contributed by atoms with Crippen LogP contribution in [0.5, 0.6) is 0 Å². The van der Waals surface area contributed by atoms with Gasteiger partial charge in [0.1, 0.15) is 4.90 Å². The third kappa shape index (κ3) is 3.96. The zero-order valence-electron chi connectivity index (χ0n) is 12.2. The second kappa shape index (κ2) is 7.21. The van der Waals surface area contributed by atoms with Crippen molar-refractivity contribution in [1.82, 2.24) is 9.71 Å². The molecule has 3 aromatic rings. The fourth-order valence-corrected chi connectivity index (χ4v) is 4.55. The summed E-state index contributed by atoms with van der Waals surface area (Å²) in [6, 6.07) is 8.21. The molecule has 0 saturated heterocycles. The molecular weight excluding hydrogens is 387 g/mol. The Balaban J connectivity index is 1.80. The number of sulfonamides is 1. The van der Waals surface area contributed by atoms with Gasteiger partial charge < -0.3 is 0 Å². The molecule has 0 spiro atoms. The van der Waals surface area contributed by atoms with Crippen molar-refractivity contribution in [2.45, 2.75) is 11.4 Å². The normalized spacial score (nSPS) is 11.6. The molecule has 3 rings (SSSR count). The summed E-state index contributed by atoms with van der Waals surface area (Å²) in [5.41, 5.74) is 2.74. The predicted molar refractivity (Wildman–Crippen MR) is 98.0 cm³/mol. The average molecular weight is 399 g/mol. The Kier molecular flexibility index (Phi) is 5.22. The van der Waals surface area contributed by atoms with Crippen LogP contribution in [0.15, 0.2) is 58.4 Å². The Bertz CT molecular complexity index is 958. The third-order valence-corrected chi connectivity index (χ3v) is 6.10. The number of pyridine rings is 1. The fraction of sp³-hybridized carbons (Fsp3) is 0.0625. The van der Waals surface area contributed by atoms with Gasteiger partial charge in [-0.25, -0.2) is 13.1 Å². The molecule has 24 heavy (non-hydrogen) atoms. The topological polar surface area (TPSA) is 59.1 Å². The molecule has 0 amide bonds. The number of hydrogen-bond donors (Lipinski definition) is 1. The Labute approximate surface area is 154 Å². The largest absolute Gasteiger partial charge is 0.264 e. The maximum atomic E-state index is 12.4. The first-order chi connectivity index (χ1) is 11.5. The van der Waals surface area contributed by atoms with Crippen molar-refractivity contribution >= 4 is 44.6 Å². The number of aromatic nitrogens is 1. The van der Waals surface area contributed by atoms with Crippen molar-refractivity contribution in [2.75, 3.05) is 0 Å². The van der Waals surface area contributed by atoms with Crippen molar-refractivity contribution in [2.24, 2.45) is 0 Å². The van der Waals surface area contributed by atoms with Gasteiger partial charge in [0.25, 0.3) is 0 Å². The summed E-state index contributed by atoms with van der Waals surface area (Å²) in [7, 11) is -3.77. The smallest absolute Gasteiger partial charge is 0.242 e. The highest BCUT2D eigenvalue weighted by atomic mass is 35.5. The van der Waals surface area contributed by atoms with Crippen LogP contribution in [0, 0.1) is 0 Å². The number of rotatable bonds is 5. The van der Waals surface area contributed by atoms with Crippen LogP contribution < -0.4 is 4.72 Å². The Morgan fingerprint density at radius 1 is 1.08 bits per heavy atom. The van der Waals surface area contributed by atoms with Gasteiger partial charge in [0.05, 0.1) is 5.02 Å². The van der Waals surface area contributed by atoms with E-state index in [4.69, 9.17) is 23.2 Å². The quantitative estimate of drug-likeness (QED) is 0.683. The minimum atomic E-state index is -3.77. The summed E-state index contributed by atoms with van der Waals surface area (Å²) in [5.74, 6) is 0. The van der Waals surface area contributed by atoms with E-state index in [0.29, 0.717) is 5.02 Å².